The van der Waals surface area contributed by atoms with Gasteiger partial charge in [0, 0.05) is 38.4 Å². The predicted molar refractivity (Wildman–Crippen MR) is 137 cm³/mol. The van der Waals surface area contributed by atoms with Gasteiger partial charge >= 0.3 is 0 Å². The summed E-state index contributed by atoms with van der Waals surface area (Å²) in [6, 6.07) is 25.5. The number of benzene rings is 3. The van der Waals surface area contributed by atoms with Crippen LogP contribution in [0.15, 0.2) is 78.9 Å². The number of nitrogens with zero attached hydrogens (tertiary/aromatic N) is 1. The lowest BCUT2D eigenvalue weighted by atomic mass is 10.0. The molecule has 0 radical (unpaired) electrons. The fraction of sp³-hybridized carbons (Fsp3) is 0.111. The van der Waals surface area contributed by atoms with Crippen LogP contribution in [0, 0.1) is 0 Å². The van der Waals surface area contributed by atoms with E-state index in [1.165, 1.54) is 5.56 Å². The molecule has 0 spiro atoms. The Balaban J connectivity index is 1.37. The molecule has 2 heterocycles. The van der Waals surface area contributed by atoms with E-state index in [2.05, 4.69) is 34.6 Å². The predicted octanol–water partition coefficient (Wildman–Crippen LogP) is 7.65. The Hall–Kier alpha value is -3.34. The number of rotatable bonds is 6. The number of amides is 1. The number of anilines is 1. The van der Waals surface area contributed by atoms with Crippen molar-refractivity contribution >= 4 is 56.6 Å². The molecule has 0 saturated carbocycles. The fourth-order valence-electron chi connectivity index (χ4n) is 4.16. The van der Waals surface area contributed by atoms with E-state index in [0.717, 1.165) is 39.6 Å². The van der Waals surface area contributed by atoms with Crippen molar-refractivity contribution < 1.29 is 4.79 Å². The molecule has 0 aliphatic carbocycles. The van der Waals surface area contributed by atoms with Crippen LogP contribution in [0.1, 0.15) is 18.4 Å². The molecule has 1 amide bonds. The smallest absolute Gasteiger partial charge is 0.224 e. The highest BCUT2D eigenvalue weighted by molar-refractivity contribution is 6.35. The van der Waals surface area contributed by atoms with E-state index in [-0.39, 0.29) is 5.91 Å². The molecule has 164 valence electrons. The maximum atomic E-state index is 12.5. The van der Waals surface area contributed by atoms with Crippen LogP contribution in [0.3, 0.4) is 0 Å². The van der Waals surface area contributed by atoms with Crippen molar-refractivity contribution in [3.63, 3.8) is 0 Å². The summed E-state index contributed by atoms with van der Waals surface area (Å²) in [6.07, 6.45) is 1.83. The first-order chi connectivity index (χ1) is 16.1. The Kier molecular flexibility index (Phi) is 6.03. The van der Waals surface area contributed by atoms with Crippen molar-refractivity contribution in [2.24, 2.45) is 0 Å². The van der Waals surface area contributed by atoms with E-state index < -0.39 is 0 Å². The molecule has 5 aromatic rings. The highest BCUT2D eigenvalue weighted by atomic mass is 35.5. The molecule has 3 aromatic carbocycles. The molecule has 33 heavy (non-hydrogen) atoms. The van der Waals surface area contributed by atoms with Crippen LogP contribution in [0.4, 0.5) is 5.69 Å². The number of hydrogen-bond acceptors (Lipinski definition) is 2. The number of nitrogens with one attached hydrogen (secondary N) is 2. The number of hydrogen-bond donors (Lipinski definition) is 2. The zero-order chi connectivity index (χ0) is 22.8. The maximum Gasteiger partial charge on any atom is 0.224 e. The molecule has 0 fully saturated rings. The van der Waals surface area contributed by atoms with Crippen LogP contribution in [0.2, 0.25) is 10.0 Å². The van der Waals surface area contributed by atoms with Gasteiger partial charge in [0.25, 0.3) is 0 Å². The normalized spacial score (nSPS) is 11.2. The van der Waals surface area contributed by atoms with Gasteiger partial charge in [0.15, 0.2) is 0 Å². The minimum Gasteiger partial charge on any atom is -0.353 e. The van der Waals surface area contributed by atoms with Gasteiger partial charge in [-0.2, -0.15) is 0 Å². The monoisotopic (exact) mass is 473 g/mol. The van der Waals surface area contributed by atoms with Crippen LogP contribution in [-0.4, -0.2) is 15.9 Å². The van der Waals surface area contributed by atoms with Crippen molar-refractivity contribution in [2.75, 3.05) is 5.32 Å². The molecule has 4 nitrogen and oxygen atoms in total. The zero-order valence-electron chi connectivity index (χ0n) is 17.7. The third-order valence-electron chi connectivity index (χ3n) is 5.65. The Morgan fingerprint density at radius 3 is 2.52 bits per heavy atom. The Labute approximate surface area is 201 Å². The Bertz CT molecular complexity index is 1460. The number of carbonyl (C=O) groups excluding carboxylic acids is 1. The van der Waals surface area contributed by atoms with Crippen molar-refractivity contribution in [1.82, 2.24) is 9.97 Å². The van der Waals surface area contributed by atoms with Crippen molar-refractivity contribution in [3.05, 3.63) is 94.5 Å². The number of pyridine rings is 1. The lowest BCUT2D eigenvalue weighted by molar-refractivity contribution is -0.116. The van der Waals surface area contributed by atoms with E-state index in [1.54, 1.807) is 18.2 Å². The maximum absolute atomic E-state index is 12.5. The standard InChI is InChI=1S/C27H21Cl2N3O/c28-18-14-19(29)16-20(15-18)30-26(33)11-5-8-22-21-7-2-4-10-24(21)32-27(22)25-13-12-17-6-1-3-9-23(17)31-25/h1-4,6-7,9-10,12-16,32H,5,8,11H2,(H,30,33). The van der Waals surface area contributed by atoms with Gasteiger partial charge in [0.05, 0.1) is 16.9 Å². The SMILES string of the molecule is O=C(CCCc1c(-c2ccc3ccccc3n2)[nH]c2ccccc12)Nc1cc(Cl)cc(Cl)c1. The van der Waals surface area contributed by atoms with E-state index in [1.807, 2.05) is 36.4 Å². The lowest BCUT2D eigenvalue weighted by Gasteiger charge is -2.08. The van der Waals surface area contributed by atoms with E-state index in [9.17, 15) is 4.79 Å². The van der Waals surface area contributed by atoms with Crippen LogP contribution in [0.5, 0.6) is 0 Å². The molecule has 0 aliphatic heterocycles. The number of fused-ring (bicyclic) bond motifs is 2. The summed E-state index contributed by atoms with van der Waals surface area (Å²) in [5.74, 6) is -0.0708. The Morgan fingerprint density at radius 2 is 1.67 bits per heavy atom. The molecule has 6 heteroatoms. The minimum absolute atomic E-state index is 0.0708. The molecule has 0 unspecified atom stereocenters. The molecule has 0 atom stereocenters. The fourth-order valence-corrected chi connectivity index (χ4v) is 4.68. The second-order valence-electron chi connectivity index (χ2n) is 7.97. The first-order valence-electron chi connectivity index (χ1n) is 10.8. The first kappa shape index (κ1) is 21.5. The third kappa shape index (κ3) is 4.72. The summed E-state index contributed by atoms with van der Waals surface area (Å²) in [5.41, 5.74) is 5.70. The second-order valence-corrected chi connectivity index (χ2v) is 8.85. The summed E-state index contributed by atoms with van der Waals surface area (Å²) >= 11 is 12.1. The molecule has 5 rings (SSSR count). The quantitative estimate of drug-likeness (QED) is 0.266. The van der Waals surface area contributed by atoms with E-state index >= 15 is 0 Å². The van der Waals surface area contributed by atoms with E-state index in [0.29, 0.717) is 28.6 Å². The number of aromatic amines is 1. The summed E-state index contributed by atoms with van der Waals surface area (Å²) in [6.45, 7) is 0. The summed E-state index contributed by atoms with van der Waals surface area (Å²) in [7, 11) is 0. The molecular formula is C27H21Cl2N3O. The molecule has 0 bridgehead atoms. The van der Waals surface area contributed by atoms with Gasteiger partial charge in [-0.3, -0.25) is 4.79 Å². The van der Waals surface area contributed by atoms with Gasteiger partial charge in [0.2, 0.25) is 5.91 Å². The van der Waals surface area contributed by atoms with Gasteiger partial charge in [-0.15, -0.1) is 0 Å². The van der Waals surface area contributed by atoms with Gasteiger partial charge < -0.3 is 10.3 Å². The highest BCUT2D eigenvalue weighted by Crippen LogP contribution is 2.32. The molecule has 2 N–H and O–H groups in total. The number of aryl methyl sites for hydroxylation is 1. The second kappa shape index (κ2) is 9.26. The van der Waals surface area contributed by atoms with E-state index in [4.69, 9.17) is 28.2 Å². The van der Waals surface area contributed by atoms with Gasteiger partial charge in [0.1, 0.15) is 0 Å². The van der Waals surface area contributed by atoms with Crippen LogP contribution < -0.4 is 5.32 Å². The van der Waals surface area contributed by atoms with Crippen molar-refractivity contribution in [2.45, 2.75) is 19.3 Å². The molecule has 0 saturated heterocycles. The van der Waals surface area contributed by atoms with Crippen LogP contribution >= 0.6 is 23.2 Å². The summed E-state index contributed by atoms with van der Waals surface area (Å²) in [5, 5.41) is 6.12. The largest absolute Gasteiger partial charge is 0.353 e. The van der Waals surface area contributed by atoms with Crippen LogP contribution in [0.25, 0.3) is 33.2 Å². The van der Waals surface area contributed by atoms with Gasteiger partial charge in [-0.25, -0.2) is 4.98 Å². The number of halogens is 2. The third-order valence-corrected chi connectivity index (χ3v) is 6.08. The number of carbonyl (C=O) groups is 1. The lowest BCUT2D eigenvalue weighted by Crippen LogP contribution is -2.11. The minimum atomic E-state index is -0.0708. The summed E-state index contributed by atoms with van der Waals surface area (Å²) in [4.78, 5) is 20.9. The van der Waals surface area contributed by atoms with Gasteiger partial charge in [-0.1, -0.05) is 65.7 Å². The number of para-hydroxylation sites is 2. The van der Waals surface area contributed by atoms with Crippen molar-refractivity contribution in [1.29, 1.82) is 0 Å². The molecule has 0 aliphatic rings. The highest BCUT2D eigenvalue weighted by Gasteiger charge is 2.15. The van der Waals surface area contributed by atoms with Gasteiger partial charge in [-0.05, 0) is 54.8 Å². The zero-order valence-corrected chi connectivity index (χ0v) is 19.3. The van der Waals surface area contributed by atoms with Crippen molar-refractivity contribution in [3.8, 4) is 11.4 Å². The summed E-state index contributed by atoms with van der Waals surface area (Å²) < 4.78 is 0. The number of aromatic nitrogens is 2. The molecular weight excluding hydrogens is 453 g/mol. The average Bonchev–Trinajstić information content (AvgIpc) is 3.17. The number of H-pyrrole nitrogens is 1. The average molecular weight is 474 g/mol. The Morgan fingerprint density at radius 1 is 0.909 bits per heavy atom. The topological polar surface area (TPSA) is 57.8 Å². The first-order valence-corrected chi connectivity index (χ1v) is 11.5. The van der Waals surface area contributed by atoms with Crippen LogP contribution in [-0.2, 0) is 11.2 Å². The molecule has 2 aromatic heterocycles.